The summed E-state index contributed by atoms with van der Waals surface area (Å²) in [6.45, 7) is 2.58. The van der Waals surface area contributed by atoms with Gasteiger partial charge in [-0.3, -0.25) is 0 Å². The predicted molar refractivity (Wildman–Crippen MR) is 62.2 cm³/mol. The molecule has 0 aromatic carbocycles. The molecular formula is C11H22F6O3. The summed E-state index contributed by atoms with van der Waals surface area (Å²) < 4.78 is 66.3. The fourth-order valence-corrected chi connectivity index (χ4v) is 1.02. The fourth-order valence-electron chi connectivity index (χ4n) is 1.02. The number of alkyl halides is 6. The van der Waals surface area contributed by atoms with Crippen molar-refractivity contribution in [2.75, 3.05) is 6.61 Å². The van der Waals surface area contributed by atoms with Crippen LogP contribution < -0.4 is 0 Å². The zero-order valence-electron chi connectivity index (χ0n) is 11.2. The molecule has 0 amide bonds. The van der Waals surface area contributed by atoms with Crippen molar-refractivity contribution >= 4 is 0 Å². The number of rotatable bonds is 7. The number of hydrogen-bond acceptors (Lipinski definition) is 2. The Morgan fingerprint density at radius 1 is 0.900 bits per heavy atom. The molecule has 0 aliphatic rings. The SMILES string of the molecule is CCCCCCCCO.O.OC(F)(C(F)F)C(F)(F)F. The average Bonchev–Trinajstić information content (AvgIpc) is 2.28. The molecule has 0 bridgehead atoms. The maximum atomic E-state index is 11.4. The highest BCUT2D eigenvalue weighted by Gasteiger charge is 2.62. The summed E-state index contributed by atoms with van der Waals surface area (Å²) in [4.78, 5) is 0. The monoisotopic (exact) mass is 316 g/mol. The van der Waals surface area contributed by atoms with Gasteiger partial charge in [-0.15, -0.1) is 0 Å². The second kappa shape index (κ2) is 12.2. The second-order valence-corrected chi connectivity index (χ2v) is 3.96. The zero-order valence-corrected chi connectivity index (χ0v) is 11.2. The molecule has 9 heteroatoms. The van der Waals surface area contributed by atoms with E-state index in [1.165, 1.54) is 32.1 Å². The van der Waals surface area contributed by atoms with E-state index in [0.717, 1.165) is 6.42 Å². The van der Waals surface area contributed by atoms with Crippen LogP contribution in [0.5, 0.6) is 0 Å². The first kappa shape index (κ1) is 24.5. The first-order chi connectivity index (χ1) is 8.61. The van der Waals surface area contributed by atoms with E-state index in [1.807, 2.05) is 0 Å². The second-order valence-electron chi connectivity index (χ2n) is 3.96. The summed E-state index contributed by atoms with van der Waals surface area (Å²) >= 11 is 0. The molecule has 0 rings (SSSR count). The predicted octanol–water partition coefficient (Wildman–Crippen LogP) is 2.99. The van der Waals surface area contributed by atoms with Crippen molar-refractivity contribution in [2.45, 2.75) is 63.9 Å². The lowest BCUT2D eigenvalue weighted by atomic mass is 10.1. The van der Waals surface area contributed by atoms with Crippen LogP contribution in [0.25, 0.3) is 0 Å². The molecule has 0 spiro atoms. The average molecular weight is 316 g/mol. The normalized spacial score (nSPS) is 14.1. The topological polar surface area (TPSA) is 72.0 Å². The van der Waals surface area contributed by atoms with Crippen LogP contribution in [0, 0.1) is 0 Å². The first-order valence-electron chi connectivity index (χ1n) is 5.98. The van der Waals surface area contributed by atoms with Crippen LogP contribution >= 0.6 is 0 Å². The third-order valence-corrected chi connectivity index (χ3v) is 2.20. The zero-order chi connectivity index (χ0) is 15.5. The molecule has 0 aromatic heterocycles. The highest BCUT2D eigenvalue weighted by Crippen LogP contribution is 2.36. The molecule has 0 aliphatic carbocycles. The largest absolute Gasteiger partial charge is 0.454 e. The lowest BCUT2D eigenvalue weighted by Crippen LogP contribution is -2.47. The van der Waals surface area contributed by atoms with Crippen LogP contribution in [0.4, 0.5) is 26.3 Å². The smallest absolute Gasteiger partial charge is 0.412 e. The molecule has 126 valence electrons. The van der Waals surface area contributed by atoms with Gasteiger partial charge in [0.25, 0.3) is 0 Å². The van der Waals surface area contributed by atoms with Gasteiger partial charge < -0.3 is 15.7 Å². The molecule has 0 saturated heterocycles. The van der Waals surface area contributed by atoms with Crippen LogP contribution in [0.2, 0.25) is 0 Å². The summed E-state index contributed by atoms with van der Waals surface area (Å²) in [5.41, 5.74) is 0. The van der Waals surface area contributed by atoms with E-state index in [2.05, 4.69) is 6.92 Å². The van der Waals surface area contributed by atoms with E-state index in [4.69, 9.17) is 10.2 Å². The molecule has 0 fully saturated rings. The molecule has 4 N–H and O–H groups in total. The van der Waals surface area contributed by atoms with Crippen molar-refractivity contribution in [1.29, 1.82) is 0 Å². The Balaban J connectivity index is -0.000000277. The van der Waals surface area contributed by atoms with E-state index in [-0.39, 0.29) is 5.48 Å². The molecule has 1 unspecified atom stereocenters. The van der Waals surface area contributed by atoms with Gasteiger partial charge in [0.1, 0.15) is 0 Å². The minimum absolute atomic E-state index is 0. The van der Waals surface area contributed by atoms with E-state index >= 15 is 0 Å². The van der Waals surface area contributed by atoms with E-state index < -0.39 is 18.5 Å². The van der Waals surface area contributed by atoms with Gasteiger partial charge in [0, 0.05) is 6.61 Å². The lowest BCUT2D eigenvalue weighted by Gasteiger charge is -2.20. The van der Waals surface area contributed by atoms with Crippen molar-refractivity contribution < 1.29 is 42.0 Å². The van der Waals surface area contributed by atoms with Crippen molar-refractivity contribution in [2.24, 2.45) is 0 Å². The van der Waals surface area contributed by atoms with Gasteiger partial charge in [-0.1, -0.05) is 39.0 Å². The van der Waals surface area contributed by atoms with Crippen molar-refractivity contribution in [1.82, 2.24) is 0 Å². The van der Waals surface area contributed by atoms with Crippen LogP contribution in [0.1, 0.15) is 45.4 Å². The van der Waals surface area contributed by atoms with Gasteiger partial charge in [0.15, 0.2) is 0 Å². The van der Waals surface area contributed by atoms with Gasteiger partial charge in [0.2, 0.25) is 0 Å². The third kappa shape index (κ3) is 11.3. The Kier molecular flexibility index (Phi) is 15.0. The summed E-state index contributed by atoms with van der Waals surface area (Å²) in [7, 11) is 0. The van der Waals surface area contributed by atoms with Crippen LogP contribution in [-0.4, -0.2) is 40.8 Å². The Morgan fingerprint density at radius 3 is 1.55 bits per heavy atom. The van der Waals surface area contributed by atoms with E-state index in [1.54, 1.807) is 0 Å². The number of aliphatic hydroxyl groups excluding tert-OH is 1. The maximum absolute atomic E-state index is 11.4. The summed E-state index contributed by atoms with van der Waals surface area (Å²) in [5.74, 6) is -5.40. The number of aliphatic hydroxyl groups is 2. The molecule has 0 heterocycles. The fraction of sp³-hybridized carbons (Fsp3) is 1.00. The van der Waals surface area contributed by atoms with E-state index in [0.29, 0.717) is 6.61 Å². The molecule has 1 atom stereocenters. The van der Waals surface area contributed by atoms with Gasteiger partial charge >= 0.3 is 18.5 Å². The quantitative estimate of drug-likeness (QED) is 0.560. The van der Waals surface area contributed by atoms with Crippen molar-refractivity contribution in [3.8, 4) is 0 Å². The van der Waals surface area contributed by atoms with Gasteiger partial charge in [0.05, 0.1) is 0 Å². The Morgan fingerprint density at radius 2 is 1.30 bits per heavy atom. The molecule has 0 radical (unpaired) electrons. The van der Waals surface area contributed by atoms with Crippen LogP contribution in [0.3, 0.4) is 0 Å². The molecule has 0 aliphatic heterocycles. The summed E-state index contributed by atoms with van der Waals surface area (Å²) in [6, 6.07) is 0. The highest BCUT2D eigenvalue weighted by molar-refractivity contribution is 4.76. The molecule has 20 heavy (non-hydrogen) atoms. The maximum Gasteiger partial charge on any atom is 0.454 e. The van der Waals surface area contributed by atoms with Gasteiger partial charge in [-0.05, 0) is 6.42 Å². The summed E-state index contributed by atoms with van der Waals surface area (Å²) in [6.07, 6.45) is -2.93. The Bertz CT molecular complexity index is 203. The van der Waals surface area contributed by atoms with Crippen molar-refractivity contribution in [3.63, 3.8) is 0 Å². The van der Waals surface area contributed by atoms with Gasteiger partial charge in [-0.2, -0.15) is 17.6 Å². The summed E-state index contributed by atoms with van der Waals surface area (Å²) in [5, 5.41) is 15.8. The number of halogens is 6. The van der Waals surface area contributed by atoms with Crippen LogP contribution in [-0.2, 0) is 0 Å². The first-order valence-corrected chi connectivity index (χ1v) is 5.98. The minimum Gasteiger partial charge on any atom is -0.412 e. The Labute approximate surface area is 113 Å². The number of hydrogen-bond donors (Lipinski definition) is 2. The molecule has 0 saturated carbocycles. The molecular weight excluding hydrogens is 294 g/mol. The van der Waals surface area contributed by atoms with Gasteiger partial charge in [-0.25, -0.2) is 8.78 Å². The van der Waals surface area contributed by atoms with E-state index in [9.17, 15) is 26.3 Å². The standard InChI is InChI=1S/C8H18O.C3H2F6O.H2O/c1-2-3-4-5-6-7-8-9;4-1(5)2(6,10)3(7,8)9;/h9H,2-8H2,1H3;1,10H;1H2. The Hall–Kier alpha value is -0.540. The number of unbranched alkanes of at least 4 members (excludes halogenated alkanes) is 5. The third-order valence-electron chi connectivity index (χ3n) is 2.20. The van der Waals surface area contributed by atoms with Crippen molar-refractivity contribution in [3.05, 3.63) is 0 Å². The molecule has 3 nitrogen and oxygen atoms in total. The lowest BCUT2D eigenvalue weighted by molar-refractivity contribution is -0.352. The van der Waals surface area contributed by atoms with Crippen LogP contribution in [0.15, 0.2) is 0 Å². The minimum atomic E-state index is -5.94. The molecule has 0 aromatic rings. The highest BCUT2D eigenvalue weighted by atomic mass is 19.4.